The molecule has 0 aromatic heterocycles. The third kappa shape index (κ3) is 15.9. The van der Waals surface area contributed by atoms with Gasteiger partial charge in [-0.25, -0.2) is 0 Å². The van der Waals surface area contributed by atoms with Crippen LogP contribution >= 0.6 is 34.8 Å². The van der Waals surface area contributed by atoms with Crippen LogP contribution in [-0.2, 0) is 29.9 Å². The Labute approximate surface area is 143 Å². The van der Waals surface area contributed by atoms with Gasteiger partial charge in [-0.1, -0.05) is 34.8 Å². The van der Waals surface area contributed by atoms with Crippen molar-refractivity contribution in [3.05, 3.63) is 0 Å². The molecule has 0 aromatic rings. The van der Waals surface area contributed by atoms with Crippen molar-refractivity contribution in [2.75, 3.05) is 0 Å². The summed E-state index contributed by atoms with van der Waals surface area (Å²) < 4.78 is 17.7. The van der Waals surface area contributed by atoms with Crippen LogP contribution in [0.5, 0.6) is 0 Å². The summed E-state index contributed by atoms with van der Waals surface area (Å²) in [6.45, 7) is 4.02. The van der Waals surface area contributed by atoms with Crippen molar-refractivity contribution in [1.82, 2.24) is 0 Å². The standard InChI is InChI=1S/4C2H4O2.CHCl3.Pb/c4*1-2(3)4;2-1(3)4;/h4*1H3,(H,3,4);1H;/q;;;;;+4/p-4. The molecule has 0 aromatic carbocycles. The van der Waals surface area contributed by atoms with Crippen LogP contribution in [0, 0.1) is 0 Å². The summed E-state index contributed by atoms with van der Waals surface area (Å²) in [7, 11) is 0. The monoisotopic (exact) mass is 562 g/mol. The number of hydrogen-bond donors (Lipinski definition) is 0. The second kappa shape index (κ2) is 11.3. The molecule has 12 heteroatoms. The molecule has 0 N–H and O–H groups in total. The zero-order valence-corrected chi connectivity index (χ0v) is 17.6. The molecule has 0 aliphatic rings. The predicted molar refractivity (Wildman–Crippen MR) is 74.2 cm³/mol. The molecule has 0 heterocycles. The Morgan fingerprint density at radius 1 is 0.667 bits per heavy atom. The molecule has 0 rings (SSSR count). The summed E-state index contributed by atoms with van der Waals surface area (Å²) in [5.41, 5.74) is 0. The molecular formula is C9H13Cl3O8Pb. The van der Waals surface area contributed by atoms with Gasteiger partial charge in [0.2, 0.25) is 0 Å². The Balaban J connectivity index is 0. The fourth-order valence-electron chi connectivity index (χ4n) is 0.829. The van der Waals surface area contributed by atoms with Crippen LogP contribution in [0.15, 0.2) is 0 Å². The van der Waals surface area contributed by atoms with Crippen LogP contribution in [0.2, 0.25) is 0 Å². The third-order valence-corrected chi connectivity index (χ3v) is 9.43. The summed E-state index contributed by atoms with van der Waals surface area (Å²) in [6.07, 6.45) is 0. The summed E-state index contributed by atoms with van der Waals surface area (Å²) in [5, 5.41) is 0. The Morgan fingerprint density at radius 2 is 0.810 bits per heavy atom. The van der Waals surface area contributed by atoms with Gasteiger partial charge in [0.1, 0.15) is 0 Å². The summed E-state index contributed by atoms with van der Waals surface area (Å²) in [6, 6.07) is 0. The maximum atomic E-state index is 10.9. The van der Waals surface area contributed by atoms with Crippen molar-refractivity contribution in [3.63, 3.8) is 0 Å². The number of halogens is 3. The molecule has 0 spiro atoms. The van der Waals surface area contributed by atoms with E-state index in [2.05, 4.69) is 10.7 Å². The van der Waals surface area contributed by atoms with E-state index in [9.17, 15) is 19.2 Å². The summed E-state index contributed by atoms with van der Waals surface area (Å²) in [5.74, 6) is -3.52. The van der Waals surface area contributed by atoms with Crippen LogP contribution < -0.4 is 0 Å². The minimum atomic E-state index is -5.43. The zero-order chi connectivity index (χ0) is 17.2. The van der Waals surface area contributed by atoms with Crippen LogP contribution in [0.25, 0.3) is 0 Å². The minimum Gasteiger partial charge on any atom is -0.0874 e. The van der Waals surface area contributed by atoms with Gasteiger partial charge < -0.3 is 0 Å². The molecule has 0 radical (unpaired) electrons. The molecule has 0 bridgehead atoms. The van der Waals surface area contributed by atoms with Crippen LogP contribution in [0.4, 0.5) is 0 Å². The Hall–Kier alpha value is -0.328. The van der Waals surface area contributed by atoms with E-state index in [1.165, 1.54) is 0 Å². The molecule has 0 saturated carbocycles. The number of carbonyl (C=O) groups is 4. The SMILES string of the molecule is CC(=O)[O][Pb]([O]C(C)=O)([O]C(C)=O)[O]C(C)=O.ClC(Cl)Cl. The van der Waals surface area contributed by atoms with Gasteiger partial charge in [-0.2, -0.15) is 0 Å². The molecule has 0 atom stereocenters. The first kappa shape index (κ1) is 22.9. The second-order valence-corrected chi connectivity index (χ2v) is 12.2. The number of alkyl halides is 3. The van der Waals surface area contributed by atoms with Crippen LogP contribution in [-0.4, -0.2) is 51.2 Å². The van der Waals surface area contributed by atoms with E-state index in [-0.39, 0.29) is 0 Å². The Bertz CT molecular complexity index is 328. The van der Waals surface area contributed by atoms with Crippen molar-refractivity contribution in [2.45, 2.75) is 32.0 Å². The van der Waals surface area contributed by atoms with Crippen molar-refractivity contribution >= 4 is 81.7 Å². The average Bonchev–Trinajstić information content (AvgIpc) is 2.08. The molecular weight excluding hydrogens is 550 g/mol. The maximum Gasteiger partial charge on any atom is 0.180 e. The first-order chi connectivity index (χ1) is 9.40. The molecule has 0 aliphatic heterocycles. The minimum absolute atomic E-state index is 0.750. The number of carbonyl (C=O) groups excluding carboxylic acids is 4. The van der Waals surface area contributed by atoms with Gasteiger partial charge in [-0.15, -0.1) is 0 Å². The van der Waals surface area contributed by atoms with E-state index in [1.54, 1.807) is 0 Å². The van der Waals surface area contributed by atoms with E-state index in [0.29, 0.717) is 0 Å². The van der Waals surface area contributed by atoms with Gasteiger partial charge in [0.15, 0.2) is 4.30 Å². The van der Waals surface area contributed by atoms with E-state index >= 15 is 0 Å². The van der Waals surface area contributed by atoms with E-state index in [0.717, 1.165) is 27.7 Å². The fourth-order valence-corrected chi connectivity index (χ4v) is 7.28. The Morgan fingerprint density at radius 3 is 0.905 bits per heavy atom. The topological polar surface area (TPSA) is 105 Å². The van der Waals surface area contributed by atoms with Crippen molar-refractivity contribution < 1.29 is 29.9 Å². The number of rotatable bonds is 4. The van der Waals surface area contributed by atoms with Crippen LogP contribution in [0.3, 0.4) is 0 Å². The average molecular weight is 563 g/mol. The molecule has 0 amide bonds. The maximum absolute atomic E-state index is 10.9. The largest absolute Gasteiger partial charge is 0.180 e. The second-order valence-electron chi connectivity index (χ2n) is 3.12. The summed E-state index contributed by atoms with van der Waals surface area (Å²) >= 11 is 8.99. The fraction of sp³-hybridized carbons (Fsp3) is 0.556. The molecule has 21 heavy (non-hydrogen) atoms. The Kier molecular flexibility index (Phi) is 12.3. The molecule has 8 nitrogen and oxygen atoms in total. The van der Waals surface area contributed by atoms with E-state index in [1.807, 2.05) is 0 Å². The van der Waals surface area contributed by atoms with Crippen LogP contribution in [0.1, 0.15) is 27.7 Å². The van der Waals surface area contributed by atoms with Gasteiger partial charge in [-0.05, 0) is 0 Å². The summed E-state index contributed by atoms with van der Waals surface area (Å²) in [4.78, 5) is 43.5. The quantitative estimate of drug-likeness (QED) is 0.376. The van der Waals surface area contributed by atoms with Gasteiger partial charge in [0, 0.05) is 0 Å². The molecule has 0 saturated heterocycles. The molecule has 122 valence electrons. The van der Waals surface area contributed by atoms with Gasteiger partial charge in [-0.3, -0.25) is 0 Å². The third-order valence-electron chi connectivity index (χ3n) is 1.07. The van der Waals surface area contributed by atoms with Gasteiger partial charge >= 0.3 is 104 Å². The van der Waals surface area contributed by atoms with Gasteiger partial charge in [0.05, 0.1) is 0 Å². The number of hydrogen-bond acceptors (Lipinski definition) is 8. The van der Waals surface area contributed by atoms with E-state index < -0.39 is 51.2 Å². The molecule has 0 unspecified atom stereocenters. The van der Waals surface area contributed by atoms with Gasteiger partial charge in [0.25, 0.3) is 0 Å². The first-order valence-corrected chi connectivity index (χ1v) is 12.8. The molecule has 0 fully saturated rings. The zero-order valence-electron chi connectivity index (χ0n) is 11.5. The molecule has 0 aliphatic carbocycles. The smallest absolute Gasteiger partial charge is 0.0874 e. The predicted octanol–water partition coefficient (Wildman–Crippen LogP) is 1.66. The van der Waals surface area contributed by atoms with Crippen molar-refractivity contribution in [1.29, 1.82) is 0 Å². The van der Waals surface area contributed by atoms with E-state index in [4.69, 9.17) is 34.8 Å². The van der Waals surface area contributed by atoms with Crippen molar-refractivity contribution in [2.24, 2.45) is 0 Å². The first-order valence-electron chi connectivity index (χ1n) is 5.10. The normalized spacial score (nSPS) is 9.90. The van der Waals surface area contributed by atoms with Crippen molar-refractivity contribution in [3.8, 4) is 0 Å².